The molecule has 1 aliphatic rings. The summed E-state index contributed by atoms with van der Waals surface area (Å²) in [6.07, 6.45) is -2.63. The van der Waals surface area contributed by atoms with Gasteiger partial charge in [0.05, 0.1) is 23.5 Å². The summed E-state index contributed by atoms with van der Waals surface area (Å²) in [6.45, 7) is 0.0619. The molecular weight excluding hydrogens is 445 g/mol. The van der Waals surface area contributed by atoms with Crippen molar-refractivity contribution in [2.45, 2.75) is 37.2 Å². The maximum absolute atomic E-state index is 12.7. The Morgan fingerprint density at radius 1 is 1.12 bits per heavy atom. The molecule has 1 atom stereocenters. The minimum atomic E-state index is -4.41. The van der Waals surface area contributed by atoms with E-state index in [1.165, 1.54) is 19.2 Å². The molecule has 1 unspecified atom stereocenters. The molecule has 0 aromatic heterocycles. The van der Waals surface area contributed by atoms with Crippen molar-refractivity contribution in [2.24, 2.45) is 0 Å². The molecule has 1 saturated heterocycles. The first kappa shape index (κ1) is 23.6. The number of benzene rings is 2. The van der Waals surface area contributed by atoms with Crippen LogP contribution in [0.3, 0.4) is 0 Å². The smallest absolute Gasteiger partial charge is 0.416 e. The van der Waals surface area contributed by atoms with Crippen molar-refractivity contribution in [3.05, 3.63) is 64.7 Å². The second-order valence-electron chi connectivity index (χ2n) is 7.19. The maximum Gasteiger partial charge on any atom is 0.416 e. The Morgan fingerprint density at radius 2 is 1.81 bits per heavy atom. The molecule has 2 aromatic rings. The van der Waals surface area contributed by atoms with Crippen LogP contribution in [0.1, 0.15) is 39.9 Å². The fourth-order valence-corrected chi connectivity index (χ4v) is 4.12. The first-order valence-electron chi connectivity index (χ1n) is 9.80. The zero-order valence-corrected chi connectivity index (χ0v) is 17.9. The van der Waals surface area contributed by atoms with Gasteiger partial charge in [0, 0.05) is 6.54 Å². The average molecular weight is 466 g/mol. The van der Waals surface area contributed by atoms with Crippen LogP contribution in [0.2, 0.25) is 0 Å². The summed E-state index contributed by atoms with van der Waals surface area (Å²) in [5.41, 5.74) is 0.948. The molecule has 6 nitrogen and oxygen atoms in total. The van der Waals surface area contributed by atoms with Gasteiger partial charge in [-0.15, -0.1) is 0 Å². The van der Waals surface area contributed by atoms with Gasteiger partial charge in [0.15, 0.2) is 0 Å². The van der Waals surface area contributed by atoms with Crippen molar-refractivity contribution in [1.82, 2.24) is 10.6 Å². The van der Waals surface area contributed by atoms with Gasteiger partial charge in [-0.25, -0.2) is 0 Å². The molecule has 32 heavy (non-hydrogen) atoms. The van der Waals surface area contributed by atoms with E-state index < -0.39 is 22.9 Å². The fraction of sp³-hybridized carbons (Fsp3) is 0.318. The Morgan fingerprint density at radius 3 is 2.41 bits per heavy atom. The van der Waals surface area contributed by atoms with E-state index >= 15 is 0 Å². The number of imide groups is 1. The van der Waals surface area contributed by atoms with E-state index in [1.807, 2.05) is 6.07 Å². The Bertz CT molecular complexity index is 1010. The van der Waals surface area contributed by atoms with Gasteiger partial charge in [-0.2, -0.15) is 13.2 Å². The van der Waals surface area contributed by atoms with Crippen molar-refractivity contribution in [2.75, 3.05) is 7.11 Å². The van der Waals surface area contributed by atoms with Crippen LogP contribution in [-0.2, 0) is 23.9 Å². The Kier molecular flexibility index (Phi) is 7.44. The first-order chi connectivity index (χ1) is 15.2. The number of hydrogen-bond acceptors (Lipinski definition) is 5. The molecule has 3 amide bonds. The lowest BCUT2D eigenvalue weighted by Crippen LogP contribution is -2.24. The number of nitrogens with one attached hydrogen (secondary N) is 2. The lowest BCUT2D eigenvalue weighted by Gasteiger charge is -2.12. The van der Waals surface area contributed by atoms with Crippen molar-refractivity contribution in [1.29, 1.82) is 0 Å². The zero-order valence-electron chi connectivity index (χ0n) is 17.1. The number of methoxy groups -OCH3 is 1. The van der Waals surface area contributed by atoms with E-state index in [2.05, 4.69) is 10.6 Å². The number of ether oxygens (including phenoxy) is 1. The third kappa shape index (κ3) is 6.03. The van der Waals surface area contributed by atoms with Crippen LogP contribution < -0.4 is 15.4 Å². The van der Waals surface area contributed by atoms with Gasteiger partial charge in [0.25, 0.3) is 11.1 Å². The van der Waals surface area contributed by atoms with Gasteiger partial charge in [-0.05, 0) is 54.7 Å². The van der Waals surface area contributed by atoms with Gasteiger partial charge in [0.2, 0.25) is 5.91 Å². The van der Waals surface area contributed by atoms with Crippen molar-refractivity contribution >= 4 is 28.8 Å². The van der Waals surface area contributed by atoms with E-state index in [-0.39, 0.29) is 17.7 Å². The monoisotopic (exact) mass is 466 g/mol. The second kappa shape index (κ2) is 10.1. The molecule has 0 spiro atoms. The third-order valence-corrected chi connectivity index (χ3v) is 5.99. The molecule has 0 aliphatic carbocycles. The second-order valence-corrected chi connectivity index (χ2v) is 8.36. The van der Waals surface area contributed by atoms with Gasteiger partial charge in [0.1, 0.15) is 5.75 Å². The number of aryl methyl sites for hydroxylation is 1. The number of amides is 3. The highest BCUT2D eigenvalue weighted by Crippen LogP contribution is 2.29. The summed E-state index contributed by atoms with van der Waals surface area (Å²) >= 11 is 0.983. The molecule has 10 heteroatoms. The summed E-state index contributed by atoms with van der Waals surface area (Å²) < 4.78 is 43.3. The predicted octanol–water partition coefficient (Wildman–Crippen LogP) is 4.32. The Labute approximate surface area is 186 Å². The normalized spacial score (nSPS) is 16.1. The van der Waals surface area contributed by atoms with Gasteiger partial charge in [-0.3, -0.25) is 19.7 Å². The number of carbonyl (C=O) groups is 3. The van der Waals surface area contributed by atoms with Gasteiger partial charge < -0.3 is 10.1 Å². The minimum Gasteiger partial charge on any atom is -0.496 e. The zero-order chi connectivity index (χ0) is 23.3. The topological polar surface area (TPSA) is 84.5 Å². The molecule has 0 radical (unpaired) electrons. The number of halogens is 3. The number of thioether (sulfide) groups is 1. The van der Waals surface area contributed by atoms with Crippen LogP contribution in [0.5, 0.6) is 5.75 Å². The average Bonchev–Trinajstić information content (AvgIpc) is 3.08. The van der Waals surface area contributed by atoms with E-state index in [9.17, 15) is 27.6 Å². The summed E-state index contributed by atoms with van der Waals surface area (Å²) in [5.74, 6) is -0.326. The fourth-order valence-electron chi connectivity index (χ4n) is 3.25. The molecule has 0 bridgehead atoms. The summed E-state index contributed by atoms with van der Waals surface area (Å²) in [4.78, 5) is 35.5. The van der Waals surface area contributed by atoms with Crippen molar-refractivity contribution in [3.8, 4) is 5.75 Å². The van der Waals surface area contributed by atoms with E-state index in [0.29, 0.717) is 36.1 Å². The highest BCUT2D eigenvalue weighted by Gasteiger charge is 2.31. The molecule has 1 fully saturated rings. The third-order valence-electron chi connectivity index (χ3n) is 4.94. The molecule has 1 aliphatic heterocycles. The Hall–Kier alpha value is -3.01. The highest BCUT2D eigenvalue weighted by atomic mass is 32.2. The largest absolute Gasteiger partial charge is 0.496 e. The first-order valence-corrected chi connectivity index (χ1v) is 10.7. The summed E-state index contributed by atoms with van der Waals surface area (Å²) in [6, 6.07) is 9.75. The number of rotatable bonds is 8. The number of carbonyl (C=O) groups excluding carboxylic acids is 3. The van der Waals surface area contributed by atoms with E-state index in [4.69, 9.17) is 4.74 Å². The lowest BCUT2D eigenvalue weighted by molar-refractivity contribution is -0.137. The van der Waals surface area contributed by atoms with Crippen LogP contribution in [0.15, 0.2) is 42.5 Å². The molecule has 1 heterocycles. The number of alkyl halides is 3. The van der Waals surface area contributed by atoms with Gasteiger partial charge in [-0.1, -0.05) is 30.0 Å². The van der Waals surface area contributed by atoms with Gasteiger partial charge >= 0.3 is 6.18 Å². The van der Waals surface area contributed by atoms with E-state index in [1.54, 1.807) is 12.1 Å². The maximum atomic E-state index is 12.7. The highest BCUT2D eigenvalue weighted by molar-refractivity contribution is 8.15. The van der Waals surface area contributed by atoms with Crippen LogP contribution in [-0.4, -0.2) is 29.4 Å². The quantitative estimate of drug-likeness (QED) is 0.606. The minimum absolute atomic E-state index is 0.0619. The van der Waals surface area contributed by atoms with Crippen molar-refractivity contribution < 1.29 is 32.3 Å². The van der Waals surface area contributed by atoms with Crippen LogP contribution in [0, 0.1) is 0 Å². The van der Waals surface area contributed by atoms with Crippen LogP contribution in [0.25, 0.3) is 0 Å². The van der Waals surface area contributed by atoms with Crippen LogP contribution >= 0.6 is 11.8 Å². The number of hydrogen-bond donors (Lipinski definition) is 2. The molecule has 170 valence electrons. The molecular formula is C22H21F3N2O4S. The molecule has 2 aromatic carbocycles. The standard InChI is InChI=1S/C22H21F3N2O4S/c1-31-17-10-7-13(3-2-4-18-20(29)27-21(30)32-18)11-16(17)19(28)26-12-14-5-8-15(9-6-14)22(23,24)25/h5-11,18H,2-4,12H2,1H3,(H,26,28)(H,27,29,30). The molecule has 0 saturated carbocycles. The molecule has 3 rings (SSSR count). The SMILES string of the molecule is COc1ccc(CCCC2SC(=O)NC2=O)cc1C(=O)NCc1ccc(C(F)(F)F)cc1. The molecule has 2 N–H and O–H groups in total. The van der Waals surface area contributed by atoms with Crippen LogP contribution in [0.4, 0.5) is 18.0 Å². The summed E-state index contributed by atoms with van der Waals surface area (Å²) in [7, 11) is 1.44. The Balaban J connectivity index is 1.59. The van der Waals surface area contributed by atoms with E-state index in [0.717, 1.165) is 29.5 Å². The lowest BCUT2D eigenvalue weighted by atomic mass is 10.0. The van der Waals surface area contributed by atoms with Crippen molar-refractivity contribution in [3.63, 3.8) is 0 Å². The summed E-state index contributed by atoms with van der Waals surface area (Å²) in [5, 5.41) is 4.21. The predicted molar refractivity (Wildman–Crippen MR) is 113 cm³/mol.